The summed E-state index contributed by atoms with van der Waals surface area (Å²) in [7, 11) is 0. The molecule has 2 nitrogen and oxygen atoms in total. The molecule has 0 aliphatic heterocycles. The molecule has 0 radical (unpaired) electrons. The quantitative estimate of drug-likeness (QED) is 0.713. The van der Waals surface area contributed by atoms with Crippen LogP contribution >= 0.6 is 0 Å². The van der Waals surface area contributed by atoms with Crippen LogP contribution in [0.3, 0.4) is 0 Å². The summed E-state index contributed by atoms with van der Waals surface area (Å²) >= 11 is 0. The lowest BCUT2D eigenvalue weighted by Crippen LogP contribution is -1.95. The number of rotatable bonds is 7. The first kappa shape index (κ1) is 16.4. The third-order valence-corrected chi connectivity index (χ3v) is 4.07. The van der Waals surface area contributed by atoms with Gasteiger partial charge in [0.1, 0.15) is 11.5 Å². The largest absolute Gasteiger partial charge is 0.508 e. The van der Waals surface area contributed by atoms with E-state index in [4.69, 9.17) is 0 Å². The van der Waals surface area contributed by atoms with Crippen LogP contribution in [0.5, 0.6) is 11.5 Å². The highest BCUT2D eigenvalue weighted by Crippen LogP contribution is 2.33. The Bertz CT molecular complexity index is 562. The van der Waals surface area contributed by atoms with Gasteiger partial charge in [0, 0.05) is 0 Å². The highest BCUT2D eigenvalue weighted by atomic mass is 16.3. The molecule has 2 aromatic rings. The SMILES string of the molecule is CCCCc1cc(O)ccc1-c1ccc(O)cc1CCCC. The minimum Gasteiger partial charge on any atom is -0.508 e. The first-order valence-corrected chi connectivity index (χ1v) is 8.29. The summed E-state index contributed by atoms with van der Waals surface area (Å²) in [4.78, 5) is 0. The van der Waals surface area contributed by atoms with E-state index in [-0.39, 0.29) is 0 Å². The van der Waals surface area contributed by atoms with Crippen LogP contribution in [-0.2, 0) is 12.8 Å². The van der Waals surface area contributed by atoms with Crippen molar-refractivity contribution < 1.29 is 10.2 Å². The summed E-state index contributed by atoms with van der Waals surface area (Å²) in [6.45, 7) is 4.35. The number of phenolic OH excluding ortho intramolecular Hbond substituents is 2. The van der Waals surface area contributed by atoms with Gasteiger partial charge in [0.25, 0.3) is 0 Å². The minimum atomic E-state index is 0.323. The first-order valence-electron chi connectivity index (χ1n) is 8.29. The molecular formula is C20H26O2. The van der Waals surface area contributed by atoms with Gasteiger partial charge in [0.2, 0.25) is 0 Å². The van der Waals surface area contributed by atoms with E-state index >= 15 is 0 Å². The smallest absolute Gasteiger partial charge is 0.115 e. The van der Waals surface area contributed by atoms with Gasteiger partial charge >= 0.3 is 0 Å². The fraction of sp³-hybridized carbons (Fsp3) is 0.400. The lowest BCUT2D eigenvalue weighted by molar-refractivity contribution is 0.473. The van der Waals surface area contributed by atoms with Gasteiger partial charge in [0.05, 0.1) is 0 Å². The predicted octanol–water partition coefficient (Wildman–Crippen LogP) is 5.45. The molecule has 0 amide bonds. The van der Waals surface area contributed by atoms with Crippen LogP contribution in [0.25, 0.3) is 11.1 Å². The highest BCUT2D eigenvalue weighted by Gasteiger charge is 2.11. The van der Waals surface area contributed by atoms with Crippen molar-refractivity contribution in [3.05, 3.63) is 47.5 Å². The summed E-state index contributed by atoms with van der Waals surface area (Å²) < 4.78 is 0. The summed E-state index contributed by atoms with van der Waals surface area (Å²) in [5.74, 6) is 0.646. The normalized spacial score (nSPS) is 10.8. The Labute approximate surface area is 133 Å². The second-order valence-electron chi connectivity index (χ2n) is 5.89. The molecule has 0 aromatic heterocycles. The van der Waals surface area contributed by atoms with Crippen LogP contribution in [0.15, 0.2) is 36.4 Å². The van der Waals surface area contributed by atoms with E-state index in [1.807, 2.05) is 24.3 Å². The van der Waals surface area contributed by atoms with Crippen molar-refractivity contribution in [3.8, 4) is 22.6 Å². The van der Waals surface area contributed by atoms with Crippen LogP contribution in [0.1, 0.15) is 50.7 Å². The van der Waals surface area contributed by atoms with E-state index in [0.29, 0.717) is 11.5 Å². The Morgan fingerprint density at radius 1 is 0.682 bits per heavy atom. The molecule has 22 heavy (non-hydrogen) atoms. The van der Waals surface area contributed by atoms with Crippen molar-refractivity contribution in [2.24, 2.45) is 0 Å². The Balaban J connectivity index is 2.46. The van der Waals surface area contributed by atoms with E-state index in [2.05, 4.69) is 13.8 Å². The molecule has 2 heteroatoms. The fourth-order valence-electron chi connectivity index (χ4n) is 2.83. The Morgan fingerprint density at radius 2 is 1.09 bits per heavy atom. The molecule has 0 fully saturated rings. The maximum Gasteiger partial charge on any atom is 0.115 e. The van der Waals surface area contributed by atoms with Gasteiger partial charge < -0.3 is 10.2 Å². The van der Waals surface area contributed by atoms with Gasteiger partial charge in [0.15, 0.2) is 0 Å². The average Bonchev–Trinajstić information content (AvgIpc) is 2.51. The lowest BCUT2D eigenvalue weighted by atomic mass is 9.91. The topological polar surface area (TPSA) is 40.5 Å². The number of phenols is 2. The average molecular weight is 298 g/mol. The molecule has 0 bridgehead atoms. The highest BCUT2D eigenvalue weighted by molar-refractivity contribution is 5.72. The molecule has 0 saturated carbocycles. The van der Waals surface area contributed by atoms with Crippen molar-refractivity contribution in [2.45, 2.75) is 52.4 Å². The van der Waals surface area contributed by atoms with Crippen molar-refractivity contribution in [2.75, 3.05) is 0 Å². The summed E-state index contributed by atoms with van der Waals surface area (Å²) in [6, 6.07) is 11.3. The number of hydrogen-bond donors (Lipinski definition) is 2. The molecule has 0 spiro atoms. The Kier molecular flexibility index (Phi) is 5.88. The van der Waals surface area contributed by atoms with Gasteiger partial charge in [-0.15, -0.1) is 0 Å². The van der Waals surface area contributed by atoms with Gasteiger partial charge in [-0.1, -0.05) is 38.8 Å². The fourth-order valence-corrected chi connectivity index (χ4v) is 2.83. The van der Waals surface area contributed by atoms with E-state index < -0.39 is 0 Å². The zero-order valence-electron chi connectivity index (χ0n) is 13.6. The number of hydrogen-bond acceptors (Lipinski definition) is 2. The van der Waals surface area contributed by atoms with E-state index in [1.54, 1.807) is 12.1 Å². The van der Waals surface area contributed by atoms with Crippen molar-refractivity contribution in [1.29, 1.82) is 0 Å². The van der Waals surface area contributed by atoms with Crippen LogP contribution in [0, 0.1) is 0 Å². The third kappa shape index (κ3) is 4.03. The first-order chi connectivity index (χ1) is 10.7. The molecule has 0 atom stereocenters. The van der Waals surface area contributed by atoms with Gasteiger partial charge in [-0.3, -0.25) is 0 Å². The van der Waals surface area contributed by atoms with Gasteiger partial charge in [-0.05, 0) is 72.2 Å². The molecule has 0 aliphatic rings. The van der Waals surface area contributed by atoms with Crippen LogP contribution in [0.4, 0.5) is 0 Å². The summed E-state index contributed by atoms with van der Waals surface area (Å²) in [6.07, 6.45) is 6.42. The summed E-state index contributed by atoms with van der Waals surface area (Å²) in [5, 5.41) is 19.6. The van der Waals surface area contributed by atoms with Crippen LogP contribution < -0.4 is 0 Å². The second-order valence-corrected chi connectivity index (χ2v) is 5.89. The van der Waals surface area contributed by atoms with Crippen molar-refractivity contribution >= 4 is 0 Å². The van der Waals surface area contributed by atoms with Crippen molar-refractivity contribution in [1.82, 2.24) is 0 Å². The van der Waals surface area contributed by atoms with E-state index in [1.165, 1.54) is 22.3 Å². The maximum absolute atomic E-state index is 9.80. The molecule has 2 aromatic carbocycles. The van der Waals surface area contributed by atoms with Crippen LogP contribution in [-0.4, -0.2) is 10.2 Å². The number of aromatic hydroxyl groups is 2. The molecular weight excluding hydrogens is 272 g/mol. The monoisotopic (exact) mass is 298 g/mol. The van der Waals surface area contributed by atoms with Crippen molar-refractivity contribution in [3.63, 3.8) is 0 Å². The molecule has 0 unspecified atom stereocenters. The zero-order chi connectivity index (χ0) is 15.9. The number of aryl methyl sites for hydroxylation is 2. The molecule has 0 heterocycles. The standard InChI is InChI=1S/C20H26O2/c1-3-5-7-15-13-17(21)9-11-19(15)20-12-10-18(22)14-16(20)8-6-4-2/h9-14,21-22H,3-8H2,1-2H3. The molecule has 2 N–H and O–H groups in total. The van der Waals surface area contributed by atoms with Crippen LogP contribution in [0.2, 0.25) is 0 Å². The molecule has 118 valence electrons. The van der Waals surface area contributed by atoms with E-state index in [0.717, 1.165) is 38.5 Å². The molecule has 0 saturated heterocycles. The van der Waals surface area contributed by atoms with Gasteiger partial charge in [-0.25, -0.2) is 0 Å². The zero-order valence-corrected chi connectivity index (χ0v) is 13.6. The summed E-state index contributed by atoms with van der Waals surface area (Å²) in [5.41, 5.74) is 4.73. The predicted molar refractivity (Wildman–Crippen MR) is 92.4 cm³/mol. The Morgan fingerprint density at radius 3 is 1.45 bits per heavy atom. The Hall–Kier alpha value is -1.96. The maximum atomic E-state index is 9.80. The minimum absolute atomic E-state index is 0.323. The lowest BCUT2D eigenvalue weighted by Gasteiger charge is -2.15. The number of unbranched alkanes of at least 4 members (excludes halogenated alkanes) is 2. The molecule has 2 rings (SSSR count). The molecule has 0 aliphatic carbocycles. The van der Waals surface area contributed by atoms with Gasteiger partial charge in [-0.2, -0.15) is 0 Å². The third-order valence-electron chi connectivity index (χ3n) is 4.07. The van der Waals surface area contributed by atoms with E-state index in [9.17, 15) is 10.2 Å². The number of benzene rings is 2. The second kappa shape index (κ2) is 7.88.